The molecule has 0 fully saturated rings. The van der Waals surface area contributed by atoms with E-state index < -0.39 is 5.91 Å². The van der Waals surface area contributed by atoms with Crippen molar-refractivity contribution in [3.63, 3.8) is 0 Å². The first-order chi connectivity index (χ1) is 13.7. The third kappa shape index (κ3) is 4.82. The summed E-state index contributed by atoms with van der Waals surface area (Å²) < 4.78 is 0. The third-order valence-corrected chi connectivity index (χ3v) is 3.97. The predicted molar refractivity (Wildman–Crippen MR) is 112 cm³/mol. The number of oxime groups is 1. The van der Waals surface area contributed by atoms with Crippen molar-refractivity contribution in [2.45, 2.75) is 6.92 Å². The van der Waals surface area contributed by atoms with E-state index in [2.05, 4.69) is 21.0 Å². The Hall–Kier alpha value is -3.93. The number of benzene rings is 3. The van der Waals surface area contributed by atoms with Crippen LogP contribution in [0, 0.1) is 6.92 Å². The minimum Gasteiger partial charge on any atom is -0.410 e. The van der Waals surface area contributed by atoms with Crippen molar-refractivity contribution < 1.29 is 10.0 Å². The lowest BCUT2D eigenvalue weighted by Gasteiger charge is -2.11. The van der Waals surface area contributed by atoms with Crippen molar-refractivity contribution in [3.8, 4) is 0 Å². The summed E-state index contributed by atoms with van der Waals surface area (Å²) in [5, 5.41) is 19.8. The van der Waals surface area contributed by atoms with Crippen LogP contribution in [-0.2, 0) is 4.79 Å². The van der Waals surface area contributed by atoms with Crippen LogP contribution in [-0.4, -0.2) is 22.5 Å². The molecule has 3 aromatic carbocycles. The number of anilines is 2. The first-order valence-electron chi connectivity index (χ1n) is 8.72. The molecule has 0 aliphatic rings. The molecular formula is C22H20N4O2. The van der Waals surface area contributed by atoms with E-state index in [1.54, 1.807) is 24.3 Å². The molecule has 140 valence electrons. The zero-order chi connectivity index (χ0) is 19.8. The summed E-state index contributed by atoms with van der Waals surface area (Å²) in [5.41, 5.74) is 5.97. The molecule has 3 N–H and O–H groups in total. The fourth-order valence-electron chi connectivity index (χ4n) is 2.51. The highest BCUT2D eigenvalue weighted by molar-refractivity contribution is 6.71. The van der Waals surface area contributed by atoms with Crippen LogP contribution in [0.5, 0.6) is 0 Å². The Bertz CT molecular complexity index is 982. The fourth-order valence-corrected chi connectivity index (χ4v) is 2.51. The SMILES string of the molecule is Cc1ccc(NC(=O)C(=N\O)/C(=N\Nc2ccccc2)c2ccccc2)cc1. The molecule has 0 aliphatic carbocycles. The molecule has 0 saturated heterocycles. The number of nitrogens with one attached hydrogen (secondary N) is 2. The number of nitrogens with zero attached hydrogens (tertiary/aromatic N) is 2. The molecule has 0 radical (unpaired) electrons. The number of hydrazone groups is 1. The van der Waals surface area contributed by atoms with Gasteiger partial charge in [-0.3, -0.25) is 10.2 Å². The summed E-state index contributed by atoms with van der Waals surface area (Å²) in [4.78, 5) is 12.7. The van der Waals surface area contributed by atoms with Crippen LogP contribution >= 0.6 is 0 Å². The van der Waals surface area contributed by atoms with Gasteiger partial charge in [0, 0.05) is 11.3 Å². The summed E-state index contributed by atoms with van der Waals surface area (Å²) in [5.74, 6) is -0.566. The number of hydrogen-bond donors (Lipinski definition) is 3. The lowest BCUT2D eigenvalue weighted by atomic mass is 10.1. The quantitative estimate of drug-likeness (QED) is 0.343. The third-order valence-electron chi connectivity index (χ3n) is 3.97. The number of rotatable bonds is 6. The second kappa shape index (κ2) is 9.14. The Morgan fingerprint density at radius 3 is 2.04 bits per heavy atom. The van der Waals surface area contributed by atoms with Crippen LogP contribution < -0.4 is 10.7 Å². The maximum Gasteiger partial charge on any atom is 0.280 e. The van der Waals surface area contributed by atoms with Crippen LogP contribution in [0.4, 0.5) is 11.4 Å². The van der Waals surface area contributed by atoms with E-state index in [9.17, 15) is 10.0 Å². The maximum absolute atomic E-state index is 12.7. The second-order valence-corrected chi connectivity index (χ2v) is 6.07. The molecular weight excluding hydrogens is 352 g/mol. The Morgan fingerprint density at radius 2 is 1.43 bits per heavy atom. The number of amides is 1. The van der Waals surface area contributed by atoms with E-state index in [0.29, 0.717) is 11.3 Å². The van der Waals surface area contributed by atoms with E-state index in [1.165, 1.54) is 0 Å². The molecule has 3 rings (SSSR count). The summed E-state index contributed by atoms with van der Waals surface area (Å²) in [6.07, 6.45) is 0. The standard InChI is InChI=1S/C22H20N4O2/c1-16-12-14-18(15-13-16)23-22(27)21(26-28)20(17-8-4-2-5-9-17)25-24-19-10-6-3-7-11-19/h2-15,24,28H,1H3,(H,23,27)/b25-20-,26-21-. The van der Waals surface area contributed by atoms with Gasteiger partial charge in [0.2, 0.25) is 0 Å². The van der Waals surface area contributed by atoms with Crippen molar-refractivity contribution in [2.24, 2.45) is 10.3 Å². The minimum absolute atomic E-state index is 0.199. The topological polar surface area (TPSA) is 86.1 Å². The smallest absolute Gasteiger partial charge is 0.280 e. The first-order valence-corrected chi connectivity index (χ1v) is 8.72. The van der Waals surface area contributed by atoms with E-state index in [-0.39, 0.29) is 11.4 Å². The van der Waals surface area contributed by atoms with Crippen molar-refractivity contribution >= 4 is 28.7 Å². The lowest BCUT2D eigenvalue weighted by molar-refractivity contribution is -0.110. The molecule has 6 heteroatoms. The highest BCUT2D eigenvalue weighted by Gasteiger charge is 2.21. The second-order valence-electron chi connectivity index (χ2n) is 6.07. The Kier molecular flexibility index (Phi) is 6.15. The van der Waals surface area contributed by atoms with Gasteiger partial charge in [0.05, 0.1) is 5.69 Å². The molecule has 0 unspecified atom stereocenters. The first kappa shape index (κ1) is 18.8. The summed E-state index contributed by atoms with van der Waals surface area (Å²) in [6.45, 7) is 1.96. The number of para-hydroxylation sites is 1. The lowest BCUT2D eigenvalue weighted by Crippen LogP contribution is -2.31. The van der Waals surface area contributed by atoms with Gasteiger partial charge in [-0.25, -0.2) is 0 Å². The number of carbonyl (C=O) groups excluding carboxylic acids is 1. The van der Waals surface area contributed by atoms with Gasteiger partial charge in [0.25, 0.3) is 5.91 Å². The highest BCUT2D eigenvalue weighted by Crippen LogP contribution is 2.11. The van der Waals surface area contributed by atoms with E-state index >= 15 is 0 Å². The average molecular weight is 372 g/mol. The molecule has 28 heavy (non-hydrogen) atoms. The number of carbonyl (C=O) groups is 1. The summed E-state index contributed by atoms with van der Waals surface area (Å²) in [7, 11) is 0. The molecule has 0 aliphatic heterocycles. The molecule has 6 nitrogen and oxygen atoms in total. The molecule has 0 bridgehead atoms. The molecule has 3 aromatic rings. The van der Waals surface area contributed by atoms with Crippen molar-refractivity contribution in [2.75, 3.05) is 10.7 Å². The van der Waals surface area contributed by atoms with Crippen LogP contribution in [0.1, 0.15) is 11.1 Å². The normalized spacial score (nSPS) is 11.8. The molecule has 0 spiro atoms. The van der Waals surface area contributed by atoms with Crippen molar-refractivity contribution in [3.05, 3.63) is 96.1 Å². The molecule has 0 atom stereocenters. The Balaban J connectivity index is 1.90. The van der Waals surface area contributed by atoms with Crippen molar-refractivity contribution in [1.82, 2.24) is 0 Å². The highest BCUT2D eigenvalue weighted by atomic mass is 16.4. The van der Waals surface area contributed by atoms with Crippen molar-refractivity contribution in [1.29, 1.82) is 0 Å². The molecule has 0 saturated carbocycles. The Morgan fingerprint density at radius 1 is 0.821 bits per heavy atom. The van der Waals surface area contributed by atoms with Gasteiger partial charge in [-0.2, -0.15) is 5.10 Å². The summed E-state index contributed by atoms with van der Waals surface area (Å²) in [6, 6.07) is 25.7. The zero-order valence-corrected chi connectivity index (χ0v) is 15.3. The van der Waals surface area contributed by atoms with Gasteiger partial charge < -0.3 is 10.5 Å². The van der Waals surface area contributed by atoms with Crippen LogP contribution in [0.2, 0.25) is 0 Å². The maximum atomic E-state index is 12.7. The van der Waals surface area contributed by atoms with E-state index in [4.69, 9.17) is 0 Å². The summed E-state index contributed by atoms with van der Waals surface area (Å²) >= 11 is 0. The van der Waals surface area contributed by atoms with Crippen LogP contribution in [0.25, 0.3) is 0 Å². The van der Waals surface area contributed by atoms with Gasteiger partial charge in [0.1, 0.15) is 5.71 Å². The van der Waals surface area contributed by atoms with Gasteiger partial charge >= 0.3 is 0 Å². The minimum atomic E-state index is -0.566. The average Bonchev–Trinajstić information content (AvgIpc) is 2.74. The van der Waals surface area contributed by atoms with Crippen LogP contribution in [0.15, 0.2) is 95.2 Å². The molecule has 0 heterocycles. The monoisotopic (exact) mass is 372 g/mol. The van der Waals surface area contributed by atoms with Gasteiger partial charge in [0.15, 0.2) is 5.71 Å². The fraction of sp³-hybridized carbons (Fsp3) is 0.0455. The van der Waals surface area contributed by atoms with E-state index in [1.807, 2.05) is 67.6 Å². The largest absolute Gasteiger partial charge is 0.410 e. The number of aryl methyl sites for hydroxylation is 1. The zero-order valence-electron chi connectivity index (χ0n) is 15.3. The van der Waals surface area contributed by atoms with Gasteiger partial charge in [-0.15, -0.1) is 0 Å². The van der Waals surface area contributed by atoms with Gasteiger partial charge in [-0.05, 0) is 31.2 Å². The van der Waals surface area contributed by atoms with Gasteiger partial charge in [-0.1, -0.05) is 71.4 Å². The Labute approximate surface area is 163 Å². The number of hydrogen-bond acceptors (Lipinski definition) is 5. The van der Waals surface area contributed by atoms with Crippen LogP contribution in [0.3, 0.4) is 0 Å². The molecule has 0 aromatic heterocycles. The van der Waals surface area contributed by atoms with E-state index in [0.717, 1.165) is 11.3 Å². The molecule has 1 amide bonds. The predicted octanol–water partition coefficient (Wildman–Crippen LogP) is 4.28.